The van der Waals surface area contributed by atoms with E-state index in [0.29, 0.717) is 24.0 Å². The van der Waals surface area contributed by atoms with Gasteiger partial charge in [-0.3, -0.25) is 0 Å². The van der Waals surface area contributed by atoms with E-state index in [1.807, 2.05) is 49.0 Å². The molecule has 0 fully saturated rings. The quantitative estimate of drug-likeness (QED) is 0.521. The van der Waals surface area contributed by atoms with Gasteiger partial charge in [0.05, 0.1) is 37.8 Å². The highest BCUT2D eigenvalue weighted by Gasteiger charge is 2.25. The number of aromatic nitrogens is 4. The average Bonchev–Trinajstić information content (AvgIpc) is 3.41. The van der Waals surface area contributed by atoms with E-state index in [1.165, 1.54) is 0 Å². The number of fused-ring (bicyclic) bond motifs is 1. The van der Waals surface area contributed by atoms with Gasteiger partial charge in [-0.1, -0.05) is 5.16 Å². The molecule has 32 heavy (non-hydrogen) atoms. The lowest BCUT2D eigenvalue weighted by atomic mass is 10.1. The third-order valence-electron chi connectivity index (χ3n) is 5.58. The Morgan fingerprint density at radius 3 is 2.75 bits per heavy atom. The van der Waals surface area contributed by atoms with Crippen LogP contribution in [0.3, 0.4) is 0 Å². The molecule has 1 aliphatic heterocycles. The highest BCUT2D eigenvalue weighted by Crippen LogP contribution is 2.31. The van der Waals surface area contributed by atoms with E-state index in [9.17, 15) is 0 Å². The van der Waals surface area contributed by atoms with Gasteiger partial charge in [0.2, 0.25) is 5.88 Å². The molecular formula is C23H24N6O3. The number of ether oxygens (including phenoxy) is 2. The summed E-state index contributed by atoms with van der Waals surface area (Å²) in [5.74, 6) is 1.85. The minimum Gasteiger partial charge on any atom is -0.497 e. The summed E-state index contributed by atoms with van der Waals surface area (Å²) >= 11 is 0. The molecule has 0 saturated carbocycles. The van der Waals surface area contributed by atoms with Gasteiger partial charge in [0.25, 0.3) is 0 Å². The normalized spacial score (nSPS) is 15.8. The fraction of sp³-hybridized carbons (Fsp3) is 0.261. The first-order chi connectivity index (χ1) is 15.6. The molecular weight excluding hydrogens is 408 g/mol. The van der Waals surface area contributed by atoms with Gasteiger partial charge in [-0.25, -0.2) is 9.97 Å². The maximum Gasteiger partial charge on any atom is 0.238 e. The topological polar surface area (TPSA) is 87.7 Å². The summed E-state index contributed by atoms with van der Waals surface area (Å²) in [5.41, 5.74) is 4.56. The van der Waals surface area contributed by atoms with Gasteiger partial charge in [0.1, 0.15) is 23.7 Å². The van der Waals surface area contributed by atoms with Crippen molar-refractivity contribution < 1.29 is 14.3 Å². The monoisotopic (exact) mass is 432 g/mol. The molecule has 0 spiro atoms. The first kappa shape index (κ1) is 19.9. The highest BCUT2D eigenvalue weighted by molar-refractivity contribution is 5.98. The molecule has 1 aliphatic rings. The molecule has 0 aliphatic carbocycles. The summed E-state index contributed by atoms with van der Waals surface area (Å²) in [6, 6.07) is 9.80. The number of methoxy groups -OCH3 is 2. The first-order valence-corrected chi connectivity index (χ1v) is 10.2. The number of imidazole rings is 1. The largest absolute Gasteiger partial charge is 0.497 e. The molecule has 0 amide bonds. The van der Waals surface area contributed by atoms with Crippen LogP contribution in [0.15, 0.2) is 54.2 Å². The van der Waals surface area contributed by atoms with Crippen molar-refractivity contribution in [2.75, 3.05) is 20.8 Å². The molecule has 164 valence electrons. The second-order valence-electron chi connectivity index (χ2n) is 7.66. The Morgan fingerprint density at radius 1 is 1.12 bits per heavy atom. The number of hydrogen-bond acceptors (Lipinski definition) is 7. The van der Waals surface area contributed by atoms with E-state index in [2.05, 4.69) is 37.3 Å². The van der Waals surface area contributed by atoms with Crippen molar-refractivity contribution in [1.29, 1.82) is 0 Å². The number of benzene rings is 1. The fourth-order valence-electron chi connectivity index (χ4n) is 3.96. The zero-order valence-corrected chi connectivity index (χ0v) is 18.4. The Hall–Kier alpha value is -4.01. The summed E-state index contributed by atoms with van der Waals surface area (Å²) in [5, 5.41) is 8.82. The maximum absolute atomic E-state index is 5.59. The van der Waals surface area contributed by atoms with E-state index in [1.54, 1.807) is 20.5 Å². The minimum atomic E-state index is -0.0802. The molecule has 0 bridgehead atoms. The zero-order valence-electron chi connectivity index (χ0n) is 18.4. The van der Waals surface area contributed by atoms with Crippen LogP contribution >= 0.6 is 0 Å². The Kier molecular flexibility index (Phi) is 4.93. The van der Waals surface area contributed by atoms with Gasteiger partial charge in [-0.15, -0.1) is 0 Å². The van der Waals surface area contributed by atoms with E-state index >= 15 is 0 Å². The third-order valence-corrected chi connectivity index (χ3v) is 5.58. The molecule has 3 aromatic heterocycles. The second-order valence-corrected chi connectivity index (χ2v) is 7.66. The Balaban J connectivity index is 1.46. The summed E-state index contributed by atoms with van der Waals surface area (Å²) in [7, 11) is 5.29. The third kappa shape index (κ3) is 3.41. The van der Waals surface area contributed by atoms with Gasteiger partial charge in [-0.05, 0) is 31.2 Å². The van der Waals surface area contributed by atoms with Crippen LogP contribution in [-0.2, 0) is 11.9 Å². The SMILES string of the molecule is COc1ccc2c(C3CON=C(c4ccc(-n5cnc(C)c5)c(OC)n4)N3)cn(C)c2c1. The number of aryl methyl sites for hydroxylation is 2. The standard InChI is InChI=1S/C23H24N6O3/c1-14-10-29(13-24-14)20-8-7-18(26-23(20)31-4)22-25-19(12-32-27-22)17-11-28(2)21-9-15(30-3)5-6-16(17)21/h5-11,13,19H,12H2,1-4H3,(H,25,27). The number of hydrogen-bond donors (Lipinski definition) is 1. The number of nitrogens with one attached hydrogen (secondary N) is 1. The summed E-state index contributed by atoms with van der Waals surface area (Å²) in [4.78, 5) is 14.5. The molecule has 9 heteroatoms. The second kappa shape index (κ2) is 7.92. The Labute approximate surface area is 185 Å². The summed E-state index contributed by atoms with van der Waals surface area (Å²) in [6.07, 6.45) is 5.76. The van der Waals surface area contributed by atoms with Crippen LogP contribution in [0.4, 0.5) is 0 Å². The molecule has 0 saturated heterocycles. The van der Waals surface area contributed by atoms with Crippen molar-refractivity contribution in [3.8, 4) is 17.3 Å². The van der Waals surface area contributed by atoms with Crippen LogP contribution < -0.4 is 14.8 Å². The molecule has 1 N–H and O–H groups in total. The lowest BCUT2D eigenvalue weighted by Gasteiger charge is -2.24. The minimum absolute atomic E-state index is 0.0802. The van der Waals surface area contributed by atoms with Crippen molar-refractivity contribution >= 4 is 16.7 Å². The lowest BCUT2D eigenvalue weighted by molar-refractivity contribution is 0.109. The molecule has 5 rings (SSSR count). The average molecular weight is 432 g/mol. The van der Waals surface area contributed by atoms with Gasteiger partial charge < -0.3 is 28.8 Å². The molecule has 4 aromatic rings. The van der Waals surface area contributed by atoms with Gasteiger partial charge in [0, 0.05) is 36.5 Å². The van der Waals surface area contributed by atoms with E-state index < -0.39 is 0 Å². The molecule has 1 atom stereocenters. The van der Waals surface area contributed by atoms with Crippen LogP contribution in [0.1, 0.15) is 23.0 Å². The fourth-order valence-corrected chi connectivity index (χ4v) is 3.96. The smallest absolute Gasteiger partial charge is 0.238 e. The van der Waals surface area contributed by atoms with Gasteiger partial charge in [0.15, 0.2) is 5.84 Å². The van der Waals surface area contributed by atoms with Gasteiger partial charge >= 0.3 is 0 Å². The van der Waals surface area contributed by atoms with Crippen LogP contribution in [0.2, 0.25) is 0 Å². The number of pyridine rings is 1. The molecule has 9 nitrogen and oxygen atoms in total. The van der Waals surface area contributed by atoms with Crippen LogP contribution in [0, 0.1) is 6.92 Å². The van der Waals surface area contributed by atoms with Crippen molar-refractivity contribution in [1.82, 2.24) is 24.4 Å². The van der Waals surface area contributed by atoms with Gasteiger partial charge in [-0.2, -0.15) is 0 Å². The number of oxime groups is 1. The van der Waals surface area contributed by atoms with Crippen LogP contribution in [0.25, 0.3) is 16.6 Å². The van der Waals surface area contributed by atoms with E-state index in [0.717, 1.165) is 33.6 Å². The zero-order chi connectivity index (χ0) is 22.2. The van der Waals surface area contributed by atoms with E-state index in [-0.39, 0.29) is 6.04 Å². The predicted molar refractivity (Wildman–Crippen MR) is 120 cm³/mol. The predicted octanol–water partition coefficient (Wildman–Crippen LogP) is 3.11. The van der Waals surface area contributed by atoms with Crippen LogP contribution in [-0.4, -0.2) is 45.8 Å². The number of amidine groups is 1. The molecule has 1 aromatic carbocycles. The van der Waals surface area contributed by atoms with Crippen molar-refractivity contribution in [3.05, 3.63) is 66.0 Å². The Bertz CT molecular complexity index is 1320. The van der Waals surface area contributed by atoms with E-state index in [4.69, 9.17) is 14.3 Å². The highest BCUT2D eigenvalue weighted by atomic mass is 16.6. The van der Waals surface area contributed by atoms with Crippen molar-refractivity contribution in [2.45, 2.75) is 13.0 Å². The lowest BCUT2D eigenvalue weighted by Crippen LogP contribution is -2.36. The molecule has 1 unspecified atom stereocenters. The summed E-state index contributed by atoms with van der Waals surface area (Å²) < 4.78 is 14.9. The van der Waals surface area contributed by atoms with Crippen LogP contribution in [0.5, 0.6) is 11.6 Å². The first-order valence-electron chi connectivity index (χ1n) is 10.2. The number of rotatable bonds is 5. The van der Waals surface area contributed by atoms with Crippen molar-refractivity contribution in [2.24, 2.45) is 12.2 Å². The summed E-state index contributed by atoms with van der Waals surface area (Å²) in [6.45, 7) is 2.35. The maximum atomic E-state index is 5.59. The van der Waals surface area contributed by atoms with Crippen molar-refractivity contribution in [3.63, 3.8) is 0 Å². The number of nitrogens with zero attached hydrogens (tertiary/aromatic N) is 5. The Morgan fingerprint density at radius 2 is 2.00 bits per heavy atom. The molecule has 4 heterocycles. The molecule has 0 radical (unpaired) electrons.